The molecule has 2 saturated carbocycles. The Morgan fingerprint density at radius 3 is 2.69 bits per heavy atom. The van der Waals surface area contributed by atoms with Crippen molar-refractivity contribution < 1.29 is 9.47 Å². The molecule has 2 N–H and O–H groups in total. The van der Waals surface area contributed by atoms with Crippen LogP contribution in [0.15, 0.2) is 30.6 Å². The second kappa shape index (κ2) is 8.95. The maximum Gasteiger partial charge on any atom is 0.211 e. The third kappa shape index (κ3) is 3.88. The van der Waals surface area contributed by atoms with Crippen LogP contribution in [0.25, 0.3) is 16.8 Å². The van der Waals surface area contributed by atoms with Crippen molar-refractivity contribution in [1.29, 1.82) is 0 Å². The van der Waals surface area contributed by atoms with Gasteiger partial charge in [0.05, 0.1) is 30.0 Å². The molecule has 1 spiro atoms. The highest BCUT2D eigenvalue weighted by atomic mass is 35.5. The Morgan fingerprint density at radius 1 is 1.17 bits per heavy atom. The molecule has 186 valence electrons. The standard InChI is InChI=1S/C27H34ClN5O2/c1-17-23(20-7-4-8-21(34-2)24(20)28)25-30-11-14-33(25)26(31-17)32-12-9-27(10-13-32)16-19(15-22(27)29)35-18-5-3-6-18/h4,7-8,11,14,18-19,22H,3,5-6,9-10,12-13,15-16,29H2,1-2H3/t19-,22+/m0/s1. The first kappa shape index (κ1) is 23.1. The van der Waals surface area contributed by atoms with Crippen molar-refractivity contribution in [2.75, 3.05) is 25.1 Å². The lowest BCUT2D eigenvalue weighted by molar-refractivity contribution is -0.0529. The van der Waals surface area contributed by atoms with Crippen LogP contribution in [0.3, 0.4) is 0 Å². The fourth-order valence-electron chi connectivity index (χ4n) is 6.30. The number of ether oxygens (including phenoxy) is 2. The van der Waals surface area contributed by atoms with E-state index in [0.29, 0.717) is 23.0 Å². The number of imidazole rings is 1. The number of fused-ring (bicyclic) bond motifs is 1. The average molecular weight is 496 g/mol. The van der Waals surface area contributed by atoms with Gasteiger partial charge in [0.1, 0.15) is 11.4 Å². The summed E-state index contributed by atoms with van der Waals surface area (Å²) >= 11 is 6.69. The number of aryl methyl sites for hydroxylation is 1. The summed E-state index contributed by atoms with van der Waals surface area (Å²) in [6, 6.07) is 6.03. The van der Waals surface area contributed by atoms with Crippen LogP contribution < -0.4 is 15.4 Å². The SMILES string of the molecule is COc1cccc(-c2c(C)nc(N3CCC4(CC3)C[C@@H](OC3CCC3)C[C@H]4N)n3ccnc23)c1Cl. The number of rotatable bonds is 5. The van der Waals surface area contributed by atoms with E-state index in [2.05, 4.69) is 9.30 Å². The van der Waals surface area contributed by atoms with Crippen LogP contribution in [-0.4, -0.2) is 52.8 Å². The van der Waals surface area contributed by atoms with Gasteiger partial charge in [0.2, 0.25) is 5.95 Å². The smallest absolute Gasteiger partial charge is 0.211 e. The van der Waals surface area contributed by atoms with Gasteiger partial charge < -0.3 is 20.1 Å². The molecule has 3 aromatic rings. The van der Waals surface area contributed by atoms with Crippen LogP contribution in [0.1, 0.15) is 50.6 Å². The summed E-state index contributed by atoms with van der Waals surface area (Å²) in [7, 11) is 1.63. The first-order valence-electron chi connectivity index (χ1n) is 12.8. The zero-order valence-electron chi connectivity index (χ0n) is 20.5. The summed E-state index contributed by atoms with van der Waals surface area (Å²) in [6.45, 7) is 3.90. The number of piperidine rings is 1. The number of benzene rings is 1. The van der Waals surface area contributed by atoms with Crippen molar-refractivity contribution in [3.05, 3.63) is 41.3 Å². The maximum absolute atomic E-state index is 6.72. The second-order valence-corrected chi connectivity index (χ2v) is 10.9. The molecular formula is C27H34ClN5O2. The van der Waals surface area contributed by atoms with E-state index in [9.17, 15) is 0 Å². The molecule has 35 heavy (non-hydrogen) atoms. The summed E-state index contributed by atoms with van der Waals surface area (Å²) < 4.78 is 13.9. The largest absolute Gasteiger partial charge is 0.495 e. The van der Waals surface area contributed by atoms with Crippen LogP contribution in [-0.2, 0) is 4.74 Å². The van der Waals surface area contributed by atoms with E-state index in [1.54, 1.807) is 7.11 Å². The van der Waals surface area contributed by atoms with Crippen molar-refractivity contribution in [1.82, 2.24) is 14.4 Å². The van der Waals surface area contributed by atoms with E-state index in [-0.39, 0.29) is 11.5 Å². The molecule has 3 heterocycles. The quantitative estimate of drug-likeness (QED) is 0.536. The fraction of sp³-hybridized carbons (Fsp3) is 0.556. The van der Waals surface area contributed by atoms with Crippen LogP contribution in [0.2, 0.25) is 5.02 Å². The van der Waals surface area contributed by atoms with Gasteiger partial charge in [-0.3, -0.25) is 4.40 Å². The molecule has 7 nitrogen and oxygen atoms in total. The lowest BCUT2D eigenvalue weighted by atomic mass is 9.74. The summed E-state index contributed by atoms with van der Waals surface area (Å²) in [4.78, 5) is 12.2. The van der Waals surface area contributed by atoms with Crippen molar-refractivity contribution >= 4 is 23.2 Å². The molecule has 6 rings (SSSR count). The van der Waals surface area contributed by atoms with Crippen molar-refractivity contribution in [2.45, 2.75) is 70.1 Å². The Morgan fingerprint density at radius 2 is 1.97 bits per heavy atom. The molecule has 0 radical (unpaired) electrons. The van der Waals surface area contributed by atoms with E-state index < -0.39 is 0 Å². The van der Waals surface area contributed by atoms with Gasteiger partial charge in [0.15, 0.2) is 0 Å². The Labute approximate surface area is 211 Å². The van der Waals surface area contributed by atoms with Crippen LogP contribution in [0.4, 0.5) is 5.95 Å². The fourth-order valence-corrected chi connectivity index (χ4v) is 6.60. The number of anilines is 1. The van der Waals surface area contributed by atoms with Gasteiger partial charge in [-0.25, -0.2) is 9.97 Å². The van der Waals surface area contributed by atoms with Crippen molar-refractivity contribution in [3.8, 4) is 16.9 Å². The van der Waals surface area contributed by atoms with Gasteiger partial charge in [-0.1, -0.05) is 23.7 Å². The topological polar surface area (TPSA) is 77.9 Å². The molecule has 3 fully saturated rings. The highest BCUT2D eigenvalue weighted by Gasteiger charge is 2.48. The van der Waals surface area contributed by atoms with Gasteiger partial charge in [0, 0.05) is 42.7 Å². The Kier molecular flexibility index (Phi) is 5.90. The molecule has 2 atom stereocenters. The van der Waals surface area contributed by atoms with Gasteiger partial charge in [-0.2, -0.15) is 0 Å². The van der Waals surface area contributed by atoms with E-state index >= 15 is 0 Å². The molecule has 1 aromatic carbocycles. The number of halogens is 1. The van der Waals surface area contributed by atoms with Gasteiger partial charge >= 0.3 is 0 Å². The molecule has 3 aliphatic rings. The summed E-state index contributed by atoms with van der Waals surface area (Å²) in [5.41, 5.74) is 10.5. The van der Waals surface area contributed by atoms with E-state index in [1.807, 2.05) is 37.5 Å². The van der Waals surface area contributed by atoms with Crippen molar-refractivity contribution in [3.63, 3.8) is 0 Å². The van der Waals surface area contributed by atoms with E-state index in [1.165, 1.54) is 19.3 Å². The lowest BCUT2D eigenvalue weighted by Crippen LogP contribution is -2.47. The Bertz CT molecular complexity index is 1230. The third-order valence-electron chi connectivity index (χ3n) is 8.58. The summed E-state index contributed by atoms with van der Waals surface area (Å²) in [5.74, 6) is 1.58. The molecule has 1 saturated heterocycles. The van der Waals surface area contributed by atoms with Crippen LogP contribution >= 0.6 is 11.6 Å². The summed E-state index contributed by atoms with van der Waals surface area (Å²) in [5, 5.41) is 0.575. The number of hydrogen-bond donors (Lipinski definition) is 1. The minimum atomic E-state index is 0.183. The van der Waals surface area contributed by atoms with E-state index in [4.69, 9.17) is 36.8 Å². The number of nitrogens with two attached hydrogens (primary N) is 1. The monoisotopic (exact) mass is 495 g/mol. The highest BCUT2D eigenvalue weighted by molar-refractivity contribution is 6.35. The first-order valence-corrected chi connectivity index (χ1v) is 13.2. The van der Waals surface area contributed by atoms with Crippen LogP contribution in [0.5, 0.6) is 5.75 Å². The second-order valence-electron chi connectivity index (χ2n) is 10.5. The van der Waals surface area contributed by atoms with Gasteiger partial charge in [0.25, 0.3) is 0 Å². The number of hydrogen-bond acceptors (Lipinski definition) is 6. The predicted octanol–water partition coefficient (Wildman–Crippen LogP) is 5.01. The third-order valence-corrected chi connectivity index (χ3v) is 8.97. The Balaban J connectivity index is 1.26. The molecular weight excluding hydrogens is 462 g/mol. The molecule has 0 amide bonds. The lowest BCUT2D eigenvalue weighted by Gasteiger charge is -2.42. The minimum absolute atomic E-state index is 0.183. The van der Waals surface area contributed by atoms with Gasteiger partial charge in [-0.05, 0) is 63.4 Å². The normalized spacial score (nSPS) is 24.3. The molecule has 2 aromatic heterocycles. The van der Waals surface area contributed by atoms with Gasteiger partial charge in [-0.15, -0.1) is 0 Å². The van der Waals surface area contributed by atoms with Crippen molar-refractivity contribution in [2.24, 2.45) is 11.1 Å². The Hall–Kier alpha value is -2.35. The minimum Gasteiger partial charge on any atom is -0.495 e. The molecule has 1 aliphatic heterocycles. The molecule has 0 bridgehead atoms. The average Bonchev–Trinajstić information content (AvgIpc) is 3.42. The predicted molar refractivity (Wildman–Crippen MR) is 138 cm³/mol. The highest BCUT2D eigenvalue weighted by Crippen LogP contribution is 2.48. The number of methoxy groups -OCH3 is 1. The molecule has 0 unspecified atom stereocenters. The molecule has 2 aliphatic carbocycles. The zero-order chi connectivity index (χ0) is 24.2. The first-order chi connectivity index (χ1) is 17.0. The van der Waals surface area contributed by atoms with Crippen LogP contribution in [0, 0.1) is 12.3 Å². The maximum atomic E-state index is 6.72. The number of aromatic nitrogens is 3. The summed E-state index contributed by atoms with van der Waals surface area (Å²) in [6.07, 6.45) is 12.6. The van der Waals surface area contributed by atoms with E-state index in [0.717, 1.165) is 67.2 Å². The number of nitrogens with zero attached hydrogens (tertiary/aromatic N) is 4. The zero-order valence-corrected chi connectivity index (χ0v) is 21.3. The molecule has 8 heteroatoms.